The third-order valence-electron chi connectivity index (χ3n) is 2.11. The number of rotatable bonds is 4. The lowest BCUT2D eigenvalue weighted by molar-refractivity contribution is -0.385. The van der Waals surface area contributed by atoms with Gasteiger partial charge in [-0.1, -0.05) is 17.7 Å². The van der Waals surface area contributed by atoms with Gasteiger partial charge in [0, 0.05) is 22.4 Å². The summed E-state index contributed by atoms with van der Waals surface area (Å²) in [5, 5.41) is 17.3. The Kier molecular flexibility index (Phi) is 8.91. The minimum absolute atomic E-state index is 0.0869. The smallest absolute Gasteiger partial charge is 0.274 e. The summed E-state index contributed by atoms with van der Waals surface area (Å²) in [6.07, 6.45) is 3.23. The van der Waals surface area contributed by atoms with Crippen LogP contribution < -0.4 is 0 Å². The maximum absolute atomic E-state index is 10.8. The zero-order valence-electron chi connectivity index (χ0n) is 11.1. The Labute approximate surface area is 122 Å². The van der Waals surface area contributed by atoms with Gasteiger partial charge in [-0.3, -0.25) is 10.1 Å². The van der Waals surface area contributed by atoms with Crippen LogP contribution in [0.3, 0.4) is 0 Å². The summed E-state index contributed by atoms with van der Waals surface area (Å²) in [7, 11) is 0. The van der Waals surface area contributed by atoms with Gasteiger partial charge >= 0.3 is 0 Å². The lowest BCUT2D eigenvalue weighted by atomic mass is 10.2. The second-order valence-electron chi connectivity index (χ2n) is 3.51. The quantitative estimate of drug-likeness (QED) is 0.480. The molecule has 0 aromatic heterocycles. The van der Waals surface area contributed by atoms with Gasteiger partial charge in [0.2, 0.25) is 0 Å². The molecule has 0 unspecified atom stereocenters. The van der Waals surface area contributed by atoms with Crippen molar-refractivity contribution < 1.29 is 4.92 Å². The average Bonchev–Trinajstić information content (AvgIpc) is 2.37. The summed E-state index contributed by atoms with van der Waals surface area (Å²) in [6.45, 7) is 5.59. The van der Waals surface area contributed by atoms with Crippen molar-refractivity contribution in [1.82, 2.24) is 0 Å². The zero-order valence-corrected chi connectivity index (χ0v) is 12.7. The molecule has 1 aromatic carbocycles. The molecule has 19 heavy (non-hydrogen) atoms. The second-order valence-corrected chi connectivity index (χ2v) is 5.16. The Bertz CT molecular complexity index is 476. The minimum atomic E-state index is -0.396. The van der Waals surface area contributed by atoms with Crippen molar-refractivity contribution in [2.75, 3.05) is 0 Å². The van der Waals surface area contributed by atoms with Crippen molar-refractivity contribution in [2.24, 2.45) is 0 Å². The van der Waals surface area contributed by atoms with Crippen molar-refractivity contribution in [3.8, 4) is 0 Å². The number of halogens is 1. The summed E-state index contributed by atoms with van der Waals surface area (Å²) in [4.78, 5) is 11.6. The van der Waals surface area contributed by atoms with Crippen molar-refractivity contribution in [2.45, 2.75) is 26.5 Å². The number of hydrogen-bond donors (Lipinski definition) is 1. The number of nitro benzene ring substituents is 1. The van der Waals surface area contributed by atoms with Crippen LogP contribution in [0.15, 0.2) is 29.2 Å². The van der Waals surface area contributed by atoms with Crippen LogP contribution in [0.4, 0.5) is 5.69 Å². The maximum Gasteiger partial charge on any atom is 0.274 e. The molecule has 0 saturated carbocycles. The largest absolute Gasteiger partial charge is 0.313 e. The van der Waals surface area contributed by atoms with Crippen molar-refractivity contribution >= 4 is 35.3 Å². The van der Waals surface area contributed by atoms with E-state index in [4.69, 9.17) is 17.0 Å². The summed E-state index contributed by atoms with van der Waals surface area (Å²) in [5.41, 5.74) is 0.782. The minimum Gasteiger partial charge on any atom is -0.313 e. The highest BCUT2D eigenvalue weighted by molar-refractivity contribution is 8.02. The molecule has 1 N–H and O–H groups in total. The molecule has 0 bridgehead atoms. The van der Waals surface area contributed by atoms with E-state index in [1.807, 2.05) is 19.9 Å². The van der Waals surface area contributed by atoms with Crippen LogP contribution in [0.2, 0.25) is 5.02 Å². The molecular formula is C13H17ClN2O2S. The Morgan fingerprint density at radius 2 is 2.11 bits per heavy atom. The van der Waals surface area contributed by atoms with Crippen LogP contribution in [0.25, 0.3) is 0 Å². The first-order chi connectivity index (χ1) is 8.96. The monoisotopic (exact) mass is 300 g/mol. The molecule has 0 amide bonds. The van der Waals surface area contributed by atoms with Gasteiger partial charge in [0.1, 0.15) is 0 Å². The van der Waals surface area contributed by atoms with E-state index in [1.54, 1.807) is 30.8 Å². The van der Waals surface area contributed by atoms with E-state index in [-0.39, 0.29) is 5.69 Å². The molecule has 0 aliphatic heterocycles. The van der Waals surface area contributed by atoms with E-state index in [0.717, 1.165) is 4.91 Å². The van der Waals surface area contributed by atoms with E-state index in [0.29, 0.717) is 16.3 Å². The SMILES string of the molecule is C/C=C(/C)SCc1ccc(Cl)cc1[N+](=O)[O-].CC=N. The molecule has 0 aliphatic rings. The van der Waals surface area contributed by atoms with Crippen LogP contribution in [0.1, 0.15) is 26.3 Å². The number of allylic oxidation sites excluding steroid dienone is 2. The number of nitrogens with zero attached hydrogens (tertiary/aromatic N) is 1. The number of hydrogen-bond acceptors (Lipinski definition) is 4. The molecule has 0 radical (unpaired) electrons. The number of benzene rings is 1. The standard InChI is InChI=1S/C11H12ClNO2S.C2H5N/c1-3-8(2)16-7-9-4-5-10(12)6-11(9)13(14)15;1-2-3/h3-6H,7H2,1-2H3;2-3H,1H3/b8-3-;. The summed E-state index contributed by atoms with van der Waals surface area (Å²) >= 11 is 7.31. The summed E-state index contributed by atoms with van der Waals surface area (Å²) in [5.74, 6) is 0.587. The average molecular weight is 301 g/mol. The van der Waals surface area contributed by atoms with Gasteiger partial charge in [0.05, 0.1) is 4.92 Å². The highest BCUT2D eigenvalue weighted by Crippen LogP contribution is 2.29. The molecule has 104 valence electrons. The highest BCUT2D eigenvalue weighted by Gasteiger charge is 2.13. The molecule has 0 spiro atoms. The summed E-state index contributed by atoms with van der Waals surface area (Å²) < 4.78 is 0. The predicted octanol–water partition coefficient (Wildman–Crippen LogP) is 5.06. The van der Waals surface area contributed by atoms with Crippen molar-refractivity contribution in [1.29, 1.82) is 5.41 Å². The molecule has 0 aliphatic carbocycles. The predicted molar refractivity (Wildman–Crippen MR) is 83.3 cm³/mol. The Hall–Kier alpha value is -1.33. The topological polar surface area (TPSA) is 67.0 Å². The van der Waals surface area contributed by atoms with E-state index in [9.17, 15) is 10.1 Å². The Balaban J connectivity index is 0.000000982. The van der Waals surface area contributed by atoms with Crippen LogP contribution in [0, 0.1) is 15.5 Å². The van der Waals surface area contributed by atoms with Gasteiger partial charge in [-0.15, -0.1) is 11.8 Å². The fourth-order valence-corrected chi connectivity index (χ4v) is 2.06. The molecule has 1 aromatic rings. The molecule has 4 nitrogen and oxygen atoms in total. The number of nitro groups is 1. The third kappa shape index (κ3) is 6.98. The molecule has 0 heterocycles. The second kappa shape index (κ2) is 9.58. The van der Waals surface area contributed by atoms with E-state index < -0.39 is 4.92 Å². The lowest BCUT2D eigenvalue weighted by Crippen LogP contribution is -1.94. The van der Waals surface area contributed by atoms with Crippen LogP contribution in [-0.2, 0) is 5.75 Å². The highest BCUT2D eigenvalue weighted by atomic mass is 35.5. The number of nitrogens with one attached hydrogen (secondary N) is 1. The van der Waals surface area contributed by atoms with Crippen molar-refractivity contribution in [3.63, 3.8) is 0 Å². The Morgan fingerprint density at radius 3 is 2.58 bits per heavy atom. The fourth-order valence-electron chi connectivity index (χ4n) is 1.10. The first kappa shape index (κ1) is 17.7. The van der Waals surface area contributed by atoms with Gasteiger partial charge < -0.3 is 5.41 Å². The molecule has 0 saturated heterocycles. The van der Waals surface area contributed by atoms with Crippen LogP contribution in [0.5, 0.6) is 0 Å². The molecule has 0 atom stereocenters. The van der Waals surface area contributed by atoms with E-state index >= 15 is 0 Å². The fraction of sp³-hybridized carbons (Fsp3) is 0.308. The van der Waals surface area contributed by atoms with E-state index in [2.05, 4.69) is 0 Å². The molecule has 1 rings (SSSR count). The first-order valence-corrected chi connectivity index (χ1v) is 6.96. The molecular weight excluding hydrogens is 284 g/mol. The van der Waals surface area contributed by atoms with E-state index in [1.165, 1.54) is 12.3 Å². The normalized spacial score (nSPS) is 10.4. The van der Waals surface area contributed by atoms with Crippen molar-refractivity contribution in [3.05, 3.63) is 49.9 Å². The van der Waals surface area contributed by atoms with Crippen LogP contribution >= 0.6 is 23.4 Å². The Morgan fingerprint density at radius 1 is 1.53 bits per heavy atom. The van der Waals surface area contributed by atoms with Gasteiger partial charge in [-0.2, -0.15) is 0 Å². The third-order valence-corrected chi connectivity index (χ3v) is 3.49. The van der Waals surface area contributed by atoms with Gasteiger partial charge in [-0.05, 0) is 44.0 Å². The van der Waals surface area contributed by atoms with Gasteiger partial charge in [0.15, 0.2) is 0 Å². The maximum atomic E-state index is 10.8. The summed E-state index contributed by atoms with van der Waals surface area (Å²) in [6, 6.07) is 4.77. The zero-order chi connectivity index (χ0) is 14.8. The van der Waals surface area contributed by atoms with Gasteiger partial charge in [-0.25, -0.2) is 0 Å². The molecule has 6 heteroatoms. The number of thioether (sulfide) groups is 1. The lowest BCUT2D eigenvalue weighted by Gasteiger charge is -2.03. The first-order valence-electron chi connectivity index (χ1n) is 5.59. The van der Waals surface area contributed by atoms with Crippen LogP contribution in [-0.4, -0.2) is 11.1 Å². The van der Waals surface area contributed by atoms with Gasteiger partial charge in [0.25, 0.3) is 5.69 Å². The molecule has 0 fully saturated rings.